The lowest BCUT2D eigenvalue weighted by Crippen LogP contribution is -1.92. The van der Waals surface area contributed by atoms with Crippen LogP contribution in [0.4, 0.5) is 0 Å². The Labute approximate surface area is 77.1 Å². The summed E-state index contributed by atoms with van der Waals surface area (Å²) in [4.78, 5) is 1.19. The lowest BCUT2D eigenvalue weighted by molar-refractivity contribution is 0.411. The minimum atomic E-state index is 0.617. The molecule has 1 aromatic carbocycles. The van der Waals surface area contributed by atoms with E-state index in [0.717, 1.165) is 11.3 Å². The Balaban J connectivity index is 2.86. The average molecular weight is 183 g/mol. The van der Waals surface area contributed by atoms with Gasteiger partial charge >= 0.3 is 0 Å². The first kappa shape index (κ1) is 9.42. The summed E-state index contributed by atoms with van der Waals surface area (Å²) in [6, 6.07) is 6.06. The molecular formula is C9H13NOS. The number of rotatable bonds is 3. The van der Waals surface area contributed by atoms with Gasteiger partial charge in [-0.3, -0.25) is 0 Å². The van der Waals surface area contributed by atoms with Gasteiger partial charge in [0.05, 0.1) is 7.11 Å². The number of methoxy groups -OCH3 is 1. The van der Waals surface area contributed by atoms with Gasteiger partial charge in [0.25, 0.3) is 0 Å². The van der Waals surface area contributed by atoms with Crippen LogP contribution in [0.25, 0.3) is 0 Å². The van der Waals surface area contributed by atoms with E-state index in [1.54, 1.807) is 18.9 Å². The molecule has 0 radical (unpaired) electrons. The van der Waals surface area contributed by atoms with E-state index in [1.807, 2.05) is 19.1 Å². The Morgan fingerprint density at radius 1 is 1.50 bits per heavy atom. The number of thioether (sulfide) groups is 1. The molecule has 3 heteroatoms. The maximum absolute atomic E-state index is 5.41. The molecule has 0 spiro atoms. The molecule has 0 aliphatic rings. The molecule has 2 N–H and O–H groups in total. The maximum atomic E-state index is 5.41. The molecule has 0 bridgehead atoms. The van der Waals surface area contributed by atoms with Gasteiger partial charge in [-0.15, -0.1) is 11.8 Å². The van der Waals surface area contributed by atoms with Gasteiger partial charge in [-0.1, -0.05) is 0 Å². The molecule has 1 rings (SSSR count). The predicted octanol–water partition coefficient (Wildman–Crippen LogP) is 2.01. The van der Waals surface area contributed by atoms with Crippen LogP contribution in [0.3, 0.4) is 0 Å². The van der Waals surface area contributed by atoms with Crippen molar-refractivity contribution in [3.8, 4) is 5.75 Å². The van der Waals surface area contributed by atoms with Gasteiger partial charge in [0.1, 0.15) is 5.75 Å². The highest BCUT2D eigenvalue weighted by atomic mass is 32.2. The van der Waals surface area contributed by atoms with E-state index in [2.05, 4.69) is 6.07 Å². The molecule has 0 aliphatic heterocycles. The number of benzene rings is 1. The molecule has 12 heavy (non-hydrogen) atoms. The Morgan fingerprint density at radius 3 is 2.75 bits per heavy atom. The molecule has 1 aromatic rings. The van der Waals surface area contributed by atoms with Crippen LogP contribution in [0.15, 0.2) is 23.1 Å². The van der Waals surface area contributed by atoms with Crippen LogP contribution in [0.2, 0.25) is 0 Å². The van der Waals surface area contributed by atoms with Crippen molar-refractivity contribution in [3.05, 3.63) is 23.8 Å². The van der Waals surface area contributed by atoms with Crippen LogP contribution in [0.1, 0.15) is 5.56 Å². The highest BCUT2D eigenvalue weighted by Gasteiger charge is 1.98. The molecule has 0 aromatic heterocycles. The number of nitrogens with two attached hydrogens (primary N) is 1. The highest BCUT2D eigenvalue weighted by Crippen LogP contribution is 2.24. The Kier molecular flexibility index (Phi) is 3.44. The Bertz CT molecular complexity index is 263. The number of ether oxygens (including phenoxy) is 1. The smallest absolute Gasteiger partial charge is 0.121 e. The summed E-state index contributed by atoms with van der Waals surface area (Å²) < 4.78 is 5.14. The van der Waals surface area contributed by atoms with Gasteiger partial charge in [-0.25, -0.2) is 0 Å². The van der Waals surface area contributed by atoms with Crippen LogP contribution in [0.5, 0.6) is 5.75 Å². The second-order valence-corrected chi connectivity index (χ2v) is 3.54. The maximum Gasteiger partial charge on any atom is 0.121 e. The molecule has 0 atom stereocenters. The van der Waals surface area contributed by atoms with E-state index in [0.29, 0.717) is 5.88 Å². The molecular weight excluding hydrogens is 170 g/mol. The second kappa shape index (κ2) is 4.38. The number of hydrogen-bond donors (Lipinski definition) is 1. The molecule has 0 fully saturated rings. The predicted molar refractivity (Wildman–Crippen MR) is 52.6 cm³/mol. The van der Waals surface area contributed by atoms with Crippen LogP contribution in [-0.2, 0) is 0 Å². The molecule has 0 saturated heterocycles. The van der Waals surface area contributed by atoms with E-state index in [-0.39, 0.29) is 0 Å². The van der Waals surface area contributed by atoms with Crippen molar-refractivity contribution in [3.63, 3.8) is 0 Å². The van der Waals surface area contributed by atoms with E-state index in [9.17, 15) is 0 Å². The van der Waals surface area contributed by atoms with Crippen molar-refractivity contribution in [2.75, 3.05) is 13.0 Å². The largest absolute Gasteiger partial charge is 0.496 e. The lowest BCUT2D eigenvalue weighted by Gasteiger charge is -2.05. The van der Waals surface area contributed by atoms with Crippen molar-refractivity contribution < 1.29 is 4.74 Å². The summed E-state index contributed by atoms with van der Waals surface area (Å²) >= 11 is 1.63. The third kappa shape index (κ3) is 2.16. The minimum absolute atomic E-state index is 0.617. The molecule has 2 nitrogen and oxygen atoms in total. The fourth-order valence-electron chi connectivity index (χ4n) is 1.04. The number of aryl methyl sites for hydroxylation is 1. The van der Waals surface area contributed by atoms with Gasteiger partial charge in [0, 0.05) is 10.8 Å². The van der Waals surface area contributed by atoms with E-state index < -0.39 is 0 Å². The first-order chi connectivity index (χ1) is 5.77. The average Bonchev–Trinajstić information content (AvgIpc) is 2.05. The van der Waals surface area contributed by atoms with Gasteiger partial charge in [-0.05, 0) is 30.7 Å². The first-order valence-electron chi connectivity index (χ1n) is 3.75. The van der Waals surface area contributed by atoms with Gasteiger partial charge in [-0.2, -0.15) is 0 Å². The van der Waals surface area contributed by atoms with Gasteiger partial charge in [0.15, 0.2) is 0 Å². The molecule has 0 aliphatic carbocycles. The van der Waals surface area contributed by atoms with Crippen LogP contribution in [-0.4, -0.2) is 13.0 Å². The summed E-state index contributed by atoms with van der Waals surface area (Å²) in [6.45, 7) is 2.03. The molecule has 0 heterocycles. The zero-order valence-electron chi connectivity index (χ0n) is 7.33. The SMILES string of the molecule is COc1ccc(SCN)cc1C. The fourth-order valence-corrected chi connectivity index (χ4v) is 1.65. The molecule has 0 saturated carbocycles. The Hall–Kier alpha value is -0.670. The Morgan fingerprint density at radius 2 is 2.25 bits per heavy atom. The van der Waals surface area contributed by atoms with E-state index >= 15 is 0 Å². The summed E-state index contributed by atoms with van der Waals surface area (Å²) in [5.41, 5.74) is 6.56. The van der Waals surface area contributed by atoms with Crippen LogP contribution < -0.4 is 10.5 Å². The molecule has 0 amide bonds. The standard InChI is InChI=1S/C9H13NOS/c1-7-5-8(12-6-10)3-4-9(7)11-2/h3-5H,6,10H2,1-2H3. The quantitative estimate of drug-likeness (QED) is 0.575. The van der Waals surface area contributed by atoms with Crippen LogP contribution in [0, 0.1) is 6.92 Å². The third-order valence-corrected chi connectivity index (χ3v) is 2.37. The molecule has 66 valence electrons. The summed E-state index contributed by atoms with van der Waals surface area (Å²) in [6.07, 6.45) is 0. The van der Waals surface area contributed by atoms with Crippen molar-refractivity contribution in [1.29, 1.82) is 0 Å². The van der Waals surface area contributed by atoms with Crippen LogP contribution >= 0.6 is 11.8 Å². The normalized spacial score (nSPS) is 9.92. The molecule has 0 unspecified atom stereocenters. The van der Waals surface area contributed by atoms with Crippen molar-refractivity contribution in [1.82, 2.24) is 0 Å². The van der Waals surface area contributed by atoms with Crippen molar-refractivity contribution in [2.45, 2.75) is 11.8 Å². The topological polar surface area (TPSA) is 35.2 Å². The summed E-state index contributed by atoms with van der Waals surface area (Å²) in [5, 5.41) is 0. The van der Waals surface area contributed by atoms with Gasteiger partial charge < -0.3 is 10.5 Å². The summed E-state index contributed by atoms with van der Waals surface area (Å²) in [7, 11) is 1.68. The first-order valence-corrected chi connectivity index (χ1v) is 4.74. The monoisotopic (exact) mass is 183 g/mol. The lowest BCUT2D eigenvalue weighted by atomic mass is 10.2. The summed E-state index contributed by atoms with van der Waals surface area (Å²) in [5.74, 6) is 1.54. The van der Waals surface area contributed by atoms with Gasteiger partial charge in [0.2, 0.25) is 0 Å². The van der Waals surface area contributed by atoms with E-state index in [1.165, 1.54) is 4.90 Å². The zero-order valence-corrected chi connectivity index (χ0v) is 8.15. The third-order valence-electron chi connectivity index (χ3n) is 1.62. The number of hydrogen-bond acceptors (Lipinski definition) is 3. The van der Waals surface area contributed by atoms with Crippen molar-refractivity contribution in [2.24, 2.45) is 5.73 Å². The van der Waals surface area contributed by atoms with Crippen molar-refractivity contribution >= 4 is 11.8 Å². The fraction of sp³-hybridized carbons (Fsp3) is 0.333. The minimum Gasteiger partial charge on any atom is -0.496 e. The van der Waals surface area contributed by atoms with E-state index in [4.69, 9.17) is 10.5 Å². The highest BCUT2D eigenvalue weighted by molar-refractivity contribution is 7.99. The zero-order chi connectivity index (χ0) is 8.97. The second-order valence-electron chi connectivity index (χ2n) is 2.44.